The van der Waals surface area contributed by atoms with Crippen molar-refractivity contribution in [1.29, 1.82) is 0 Å². The Bertz CT molecular complexity index is 569. The first kappa shape index (κ1) is 12.3. The molecule has 0 aliphatic rings. The molecule has 5 nitrogen and oxygen atoms in total. The van der Waals surface area contributed by atoms with Gasteiger partial charge in [0.05, 0.1) is 17.7 Å². The molecule has 0 spiro atoms. The quantitative estimate of drug-likeness (QED) is 0.837. The van der Waals surface area contributed by atoms with E-state index in [4.69, 9.17) is 4.74 Å². The minimum absolute atomic E-state index is 0.331. The fourth-order valence-corrected chi connectivity index (χ4v) is 1.71. The molecule has 18 heavy (non-hydrogen) atoms. The highest BCUT2D eigenvalue weighted by Gasteiger charge is 2.09. The van der Waals surface area contributed by atoms with Crippen LogP contribution in [-0.2, 0) is 4.74 Å². The van der Waals surface area contributed by atoms with E-state index < -0.39 is 0 Å². The second-order valence-corrected chi connectivity index (χ2v) is 3.71. The zero-order valence-corrected chi connectivity index (χ0v) is 10.4. The molecule has 0 saturated heterocycles. The van der Waals surface area contributed by atoms with Gasteiger partial charge in [-0.3, -0.25) is 0 Å². The van der Waals surface area contributed by atoms with Crippen LogP contribution in [0.4, 0.5) is 5.82 Å². The second kappa shape index (κ2) is 5.44. The van der Waals surface area contributed by atoms with E-state index in [1.54, 1.807) is 19.1 Å². The van der Waals surface area contributed by atoms with Crippen molar-refractivity contribution in [3.63, 3.8) is 0 Å². The van der Waals surface area contributed by atoms with E-state index in [9.17, 15) is 4.79 Å². The van der Waals surface area contributed by atoms with Crippen LogP contribution in [0, 0.1) is 0 Å². The molecule has 2 rings (SSSR count). The van der Waals surface area contributed by atoms with Crippen molar-refractivity contribution in [2.45, 2.75) is 13.8 Å². The molecule has 0 bridgehead atoms. The Morgan fingerprint density at radius 3 is 2.89 bits per heavy atom. The molecular formula is C13H15N3O2. The molecule has 0 fully saturated rings. The van der Waals surface area contributed by atoms with Crippen LogP contribution >= 0.6 is 0 Å². The minimum atomic E-state index is -0.331. The summed E-state index contributed by atoms with van der Waals surface area (Å²) >= 11 is 0. The van der Waals surface area contributed by atoms with Crippen LogP contribution in [0.5, 0.6) is 0 Å². The summed E-state index contributed by atoms with van der Waals surface area (Å²) in [5.74, 6) is 0.445. The summed E-state index contributed by atoms with van der Waals surface area (Å²) < 4.78 is 4.96. The lowest BCUT2D eigenvalue weighted by molar-refractivity contribution is 0.0526. The first-order chi connectivity index (χ1) is 8.76. The number of nitrogens with zero attached hydrogens (tertiary/aromatic N) is 2. The Morgan fingerprint density at radius 1 is 1.33 bits per heavy atom. The van der Waals surface area contributed by atoms with Crippen LogP contribution in [0.1, 0.15) is 24.2 Å². The third-order valence-corrected chi connectivity index (χ3v) is 2.49. The van der Waals surface area contributed by atoms with Gasteiger partial charge in [0.2, 0.25) is 0 Å². The van der Waals surface area contributed by atoms with Crippen molar-refractivity contribution in [3.8, 4) is 0 Å². The summed E-state index contributed by atoms with van der Waals surface area (Å²) in [6.07, 6.45) is 1.48. The van der Waals surface area contributed by atoms with E-state index >= 15 is 0 Å². The molecule has 1 heterocycles. The maximum Gasteiger partial charge on any atom is 0.338 e. The van der Waals surface area contributed by atoms with Gasteiger partial charge in [-0.05, 0) is 32.0 Å². The first-order valence-electron chi connectivity index (χ1n) is 5.92. The van der Waals surface area contributed by atoms with Gasteiger partial charge >= 0.3 is 5.97 Å². The Morgan fingerprint density at radius 2 is 2.17 bits per heavy atom. The third kappa shape index (κ3) is 2.40. The van der Waals surface area contributed by atoms with E-state index in [0.29, 0.717) is 12.2 Å². The normalized spacial score (nSPS) is 10.3. The molecule has 0 atom stereocenters. The largest absolute Gasteiger partial charge is 0.462 e. The van der Waals surface area contributed by atoms with Crippen LogP contribution < -0.4 is 5.32 Å². The Balaban J connectivity index is 2.43. The monoisotopic (exact) mass is 245 g/mol. The van der Waals surface area contributed by atoms with E-state index in [1.807, 2.05) is 13.0 Å². The number of rotatable bonds is 4. The fourth-order valence-electron chi connectivity index (χ4n) is 1.71. The molecule has 0 radical (unpaired) electrons. The number of ether oxygens (including phenoxy) is 1. The number of nitrogens with one attached hydrogen (secondary N) is 1. The average Bonchev–Trinajstić information content (AvgIpc) is 2.39. The summed E-state index contributed by atoms with van der Waals surface area (Å²) in [6, 6.07) is 5.28. The predicted octanol–water partition coefficient (Wildman–Crippen LogP) is 2.24. The highest BCUT2D eigenvalue weighted by Crippen LogP contribution is 2.20. The van der Waals surface area contributed by atoms with E-state index in [-0.39, 0.29) is 5.97 Å². The average molecular weight is 245 g/mol. The standard InChI is InChI=1S/C13H15N3O2/c1-3-14-12-10-6-5-9(13(17)18-4-2)7-11(10)15-8-16-12/h5-8H,3-4H2,1-2H3,(H,14,15,16). The summed E-state index contributed by atoms with van der Waals surface area (Å²) in [5.41, 5.74) is 1.23. The molecule has 94 valence electrons. The molecule has 0 unspecified atom stereocenters. The SMILES string of the molecule is CCNc1ncnc2cc(C(=O)OCC)ccc12. The molecule has 0 amide bonds. The number of aromatic nitrogens is 2. The molecule has 0 aliphatic carbocycles. The number of carbonyl (C=O) groups is 1. The molecule has 1 aromatic carbocycles. The van der Waals surface area contributed by atoms with E-state index in [0.717, 1.165) is 23.3 Å². The highest BCUT2D eigenvalue weighted by atomic mass is 16.5. The lowest BCUT2D eigenvalue weighted by Gasteiger charge is -2.07. The molecule has 0 aliphatic heterocycles. The molecule has 1 aromatic heterocycles. The van der Waals surface area contributed by atoms with Gasteiger partial charge in [-0.15, -0.1) is 0 Å². The lowest BCUT2D eigenvalue weighted by atomic mass is 10.1. The summed E-state index contributed by atoms with van der Waals surface area (Å²) in [6.45, 7) is 4.93. The number of esters is 1. The Labute approximate surface area is 105 Å². The topological polar surface area (TPSA) is 64.1 Å². The smallest absolute Gasteiger partial charge is 0.338 e. The van der Waals surface area contributed by atoms with Gasteiger partial charge in [-0.2, -0.15) is 0 Å². The minimum Gasteiger partial charge on any atom is -0.462 e. The van der Waals surface area contributed by atoms with Crippen molar-refractivity contribution in [2.75, 3.05) is 18.5 Å². The van der Waals surface area contributed by atoms with E-state index in [1.165, 1.54) is 6.33 Å². The zero-order valence-electron chi connectivity index (χ0n) is 10.4. The molecule has 5 heteroatoms. The number of hydrogen-bond acceptors (Lipinski definition) is 5. The number of benzene rings is 1. The van der Waals surface area contributed by atoms with Crippen LogP contribution in [0.3, 0.4) is 0 Å². The van der Waals surface area contributed by atoms with Crippen molar-refractivity contribution < 1.29 is 9.53 Å². The number of anilines is 1. The van der Waals surface area contributed by atoms with Crippen molar-refractivity contribution in [2.24, 2.45) is 0 Å². The molecule has 0 saturated carbocycles. The van der Waals surface area contributed by atoms with Crippen LogP contribution in [0.2, 0.25) is 0 Å². The van der Waals surface area contributed by atoms with Crippen molar-refractivity contribution in [3.05, 3.63) is 30.1 Å². The van der Waals surface area contributed by atoms with E-state index in [2.05, 4.69) is 15.3 Å². The Kier molecular flexibility index (Phi) is 3.72. The van der Waals surface area contributed by atoms with Crippen molar-refractivity contribution in [1.82, 2.24) is 9.97 Å². The van der Waals surface area contributed by atoms with Gasteiger partial charge in [0, 0.05) is 11.9 Å². The summed E-state index contributed by atoms with van der Waals surface area (Å²) in [7, 11) is 0. The van der Waals surface area contributed by atoms with Gasteiger partial charge in [0.25, 0.3) is 0 Å². The highest BCUT2D eigenvalue weighted by molar-refractivity contribution is 5.97. The van der Waals surface area contributed by atoms with Crippen molar-refractivity contribution >= 4 is 22.7 Å². The van der Waals surface area contributed by atoms with Gasteiger partial charge in [0.1, 0.15) is 12.1 Å². The maximum absolute atomic E-state index is 11.6. The summed E-state index contributed by atoms with van der Waals surface area (Å²) in [4.78, 5) is 20.0. The van der Waals surface area contributed by atoms with Crippen LogP contribution in [0.25, 0.3) is 10.9 Å². The molecular weight excluding hydrogens is 230 g/mol. The lowest BCUT2D eigenvalue weighted by Crippen LogP contribution is -2.05. The molecule has 2 aromatic rings. The number of fused-ring (bicyclic) bond motifs is 1. The summed E-state index contributed by atoms with van der Waals surface area (Å²) in [5, 5.41) is 4.05. The second-order valence-electron chi connectivity index (χ2n) is 3.71. The van der Waals surface area contributed by atoms with Gasteiger partial charge in [0.15, 0.2) is 0 Å². The third-order valence-electron chi connectivity index (χ3n) is 2.49. The van der Waals surface area contributed by atoms with Crippen LogP contribution in [-0.4, -0.2) is 29.1 Å². The fraction of sp³-hybridized carbons (Fsp3) is 0.308. The van der Waals surface area contributed by atoms with Gasteiger partial charge in [-0.1, -0.05) is 0 Å². The number of hydrogen-bond donors (Lipinski definition) is 1. The Hall–Kier alpha value is -2.17. The first-order valence-corrected chi connectivity index (χ1v) is 5.92. The number of carbonyl (C=O) groups excluding carboxylic acids is 1. The predicted molar refractivity (Wildman–Crippen MR) is 69.7 cm³/mol. The van der Waals surface area contributed by atoms with Gasteiger partial charge in [-0.25, -0.2) is 14.8 Å². The zero-order chi connectivity index (χ0) is 13.0. The van der Waals surface area contributed by atoms with Gasteiger partial charge < -0.3 is 10.1 Å². The maximum atomic E-state index is 11.6. The van der Waals surface area contributed by atoms with Crippen LogP contribution in [0.15, 0.2) is 24.5 Å². The molecule has 1 N–H and O–H groups in total.